The van der Waals surface area contributed by atoms with Gasteiger partial charge in [-0.05, 0) is 36.8 Å². The Hall–Kier alpha value is -4.89. The van der Waals surface area contributed by atoms with Gasteiger partial charge in [0.05, 0.1) is 28.5 Å². The number of rotatable bonds is 8. The Morgan fingerprint density at radius 1 is 1.10 bits per heavy atom. The number of carbonyl (C=O) groups excluding carboxylic acids is 1. The van der Waals surface area contributed by atoms with Gasteiger partial charge in [-0.2, -0.15) is 0 Å². The second-order valence-corrected chi connectivity index (χ2v) is 10.2. The number of para-hydroxylation sites is 1. The van der Waals surface area contributed by atoms with Gasteiger partial charge in [-0.15, -0.1) is 0 Å². The zero-order valence-electron chi connectivity index (χ0n) is 22.2. The van der Waals surface area contributed by atoms with Crippen molar-refractivity contribution < 1.29 is 23.7 Å². The lowest BCUT2D eigenvalue weighted by molar-refractivity contribution is -0.138. The van der Waals surface area contributed by atoms with E-state index in [-0.39, 0.29) is 24.5 Å². The molecule has 1 aromatic heterocycles. The van der Waals surface area contributed by atoms with E-state index in [1.54, 1.807) is 35.8 Å². The molecular weight excluding hydrogens is 540 g/mol. The van der Waals surface area contributed by atoms with Crippen molar-refractivity contribution in [3.05, 3.63) is 127 Å². The largest absolute Gasteiger partial charge is 0.489 e. The Morgan fingerprint density at radius 2 is 1.88 bits per heavy atom. The van der Waals surface area contributed by atoms with Gasteiger partial charge in [0.25, 0.3) is 5.56 Å². The molecule has 0 aliphatic carbocycles. The van der Waals surface area contributed by atoms with Gasteiger partial charge in [0.2, 0.25) is 6.79 Å². The Kier molecular flexibility index (Phi) is 7.26. The van der Waals surface area contributed by atoms with Crippen molar-refractivity contribution >= 4 is 29.1 Å². The van der Waals surface area contributed by atoms with Crippen LogP contribution in [-0.4, -0.2) is 30.5 Å². The van der Waals surface area contributed by atoms with E-state index in [1.807, 2.05) is 60.7 Å². The standard InChI is InChI=1S/C32H26N2O6S/c1-3-16-38-23-13-9-8-12-21(23)18-26-30(35)34-29(22-14-15-24-25(17-22)40-19-39-24)27(31(36)37-4-2)28(33-32(34)41-26)20-10-6-5-7-11-20/h3,5-15,17-18,29H,1,4,16,19H2,2H3/b26-18-. The zero-order chi connectivity index (χ0) is 28.3. The number of hydrogen-bond acceptors (Lipinski definition) is 8. The molecule has 0 radical (unpaired) electrons. The molecule has 41 heavy (non-hydrogen) atoms. The van der Waals surface area contributed by atoms with E-state index in [4.69, 9.17) is 23.9 Å². The molecule has 8 nitrogen and oxygen atoms in total. The molecule has 0 fully saturated rings. The van der Waals surface area contributed by atoms with Crippen LogP contribution in [0.4, 0.5) is 0 Å². The molecule has 0 N–H and O–H groups in total. The Morgan fingerprint density at radius 3 is 2.68 bits per heavy atom. The minimum atomic E-state index is -0.815. The lowest BCUT2D eigenvalue weighted by Crippen LogP contribution is -2.40. The van der Waals surface area contributed by atoms with Crippen molar-refractivity contribution in [1.82, 2.24) is 4.57 Å². The highest BCUT2D eigenvalue weighted by atomic mass is 32.1. The third-order valence-corrected chi connectivity index (χ3v) is 7.63. The topological polar surface area (TPSA) is 88.3 Å². The molecule has 3 aromatic carbocycles. The normalized spacial score (nSPS) is 15.7. The molecule has 3 heterocycles. The third kappa shape index (κ3) is 4.96. The smallest absolute Gasteiger partial charge is 0.338 e. The van der Waals surface area contributed by atoms with Crippen LogP contribution in [0.3, 0.4) is 0 Å². The van der Waals surface area contributed by atoms with Crippen LogP contribution in [0.15, 0.2) is 101 Å². The fourth-order valence-electron chi connectivity index (χ4n) is 4.86. The van der Waals surface area contributed by atoms with Gasteiger partial charge in [0.15, 0.2) is 16.3 Å². The summed E-state index contributed by atoms with van der Waals surface area (Å²) in [7, 11) is 0. The van der Waals surface area contributed by atoms with Crippen LogP contribution in [0.5, 0.6) is 17.2 Å². The molecule has 206 valence electrons. The van der Waals surface area contributed by atoms with Gasteiger partial charge in [0.1, 0.15) is 12.4 Å². The van der Waals surface area contributed by atoms with E-state index in [0.29, 0.717) is 44.4 Å². The number of fused-ring (bicyclic) bond motifs is 2. The number of carbonyl (C=O) groups is 1. The van der Waals surface area contributed by atoms with Gasteiger partial charge >= 0.3 is 5.97 Å². The van der Waals surface area contributed by atoms with E-state index in [9.17, 15) is 9.59 Å². The van der Waals surface area contributed by atoms with Crippen molar-refractivity contribution in [2.75, 3.05) is 20.0 Å². The molecule has 4 aromatic rings. The summed E-state index contributed by atoms with van der Waals surface area (Å²) >= 11 is 1.25. The van der Waals surface area contributed by atoms with Crippen molar-refractivity contribution in [3.63, 3.8) is 0 Å². The minimum absolute atomic E-state index is 0.102. The first-order valence-corrected chi connectivity index (χ1v) is 13.9. The van der Waals surface area contributed by atoms with Crippen LogP contribution in [0.25, 0.3) is 11.8 Å². The Labute approximate surface area is 239 Å². The molecular formula is C32H26N2O6S. The number of ether oxygens (including phenoxy) is 4. The molecule has 1 unspecified atom stereocenters. The quantitative estimate of drug-likeness (QED) is 0.234. The molecule has 0 amide bonds. The van der Waals surface area contributed by atoms with Crippen molar-refractivity contribution in [3.8, 4) is 17.2 Å². The summed E-state index contributed by atoms with van der Waals surface area (Å²) < 4.78 is 24.5. The van der Waals surface area contributed by atoms with Gasteiger partial charge in [0, 0.05) is 11.1 Å². The predicted octanol–water partition coefficient (Wildman–Crippen LogP) is 4.23. The molecule has 0 saturated carbocycles. The number of aromatic nitrogens is 1. The lowest BCUT2D eigenvalue weighted by Gasteiger charge is -2.26. The van der Waals surface area contributed by atoms with Crippen LogP contribution >= 0.6 is 11.3 Å². The Bertz CT molecular complexity index is 1850. The lowest BCUT2D eigenvalue weighted by atomic mass is 9.93. The van der Waals surface area contributed by atoms with Crippen LogP contribution in [-0.2, 0) is 9.53 Å². The highest BCUT2D eigenvalue weighted by Gasteiger charge is 2.36. The molecule has 0 saturated heterocycles. The molecule has 2 aliphatic heterocycles. The van der Waals surface area contributed by atoms with Gasteiger partial charge in [-0.1, -0.05) is 78.6 Å². The summed E-state index contributed by atoms with van der Waals surface area (Å²) in [4.78, 5) is 33.1. The van der Waals surface area contributed by atoms with Crippen LogP contribution < -0.4 is 29.1 Å². The average Bonchev–Trinajstić information content (AvgIpc) is 3.60. The minimum Gasteiger partial charge on any atom is -0.489 e. The van der Waals surface area contributed by atoms with Crippen molar-refractivity contribution in [1.29, 1.82) is 0 Å². The van der Waals surface area contributed by atoms with E-state index in [0.717, 1.165) is 11.1 Å². The summed E-state index contributed by atoms with van der Waals surface area (Å²) in [6.07, 6.45) is 3.45. The number of nitrogens with zero attached hydrogens (tertiary/aromatic N) is 2. The maximum absolute atomic E-state index is 14.1. The first-order chi connectivity index (χ1) is 20.1. The highest BCUT2D eigenvalue weighted by Crippen LogP contribution is 2.40. The fourth-order valence-corrected chi connectivity index (χ4v) is 5.85. The first kappa shape index (κ1) is 26.3. The maximum Gasteiger partial charge on any atom is 0.338 e. The number of hydrogen-bond donors (Lipinski definition) is 0. The number of thiazole rings is 1. The molecule has 0 spiro atoms. The molecule has 2 aliphatic rings. The third-order valence-electron chi connectivity index (χ3n) is 6.65. The molecule has 6 rings (SSSR count). The van der Waals surface area contributed by atoms with E-state index in [1.165, 1.54) is 11.3 Å². The van der Waals surface area contributed by atoms with Crippen LogP contribution in [0.1, 0.15) is 29.7 Å². The monoisotopic (exact) mass is 566 g/mol. The fraction of sp³-hybridized carbons (Fsp3) is 0.156. The average molecular weight is 567 g/mol. The maximum atomic E-state index is 14.1. The van der Waals surface area contributed by atoms with Gasteiger partial charge in [-0.25, -0.2) is 9.79 Å². The van der Waals surface area contributed by atoms with Crippen LogP contribution in [0, 0.1) is 0 Å². The predicted molar refractivity (Wildman–Crippen MR) is 156 cm³/mol. The summed E-state index contributed by atoms with van der Waals surface area (Å²) in [6, 6.07) is 21.5. The summed E-state index contributed by atoms with van der Waals surface area (Å²) in [5.41, 5.74) is 2.58. The molecule has 1 atom stereocenters. The summed E-state index contributed by atoms with van der Waals surface area (Å²) in [5, 5.41) is 0. The second-order valence-electron chi connectivity index (χ2n) is 9.18. The zero-order valence-corrected chi connectivity index (χ0v) is 23.1. The second kappa shape index (κ2) is 11.3. The van der Waals surface area contributed by atoms with Crippen LogP contribution in [0.2, 0.25) is 0 Å². The molecule has 0 bridgehead atoms. The highest BCUT2D eigenvalue weighted by molar-refractivity contribution is 7.07. The van der Waals surface area contributed by atoms with E-state index >= 15 is 0 Å². The van der Waals surface area contributed by atoms with Crippen molar-refractivity contribution in [2.45, 2.75) is 13.0 Å². The Balaban J connectivity index is 1.62. The summed E-state index contributed by atoms with van der Waals surface area (Å²) in [5.74, 6) is 1.22. The number of esters is 1. The number of benzene rings is 3. The first-order valence-electron chi connectivity index (χ1n) is 13.1. The van der Waals surface area contributed by atoms with Gasteiger partial charge in [-0.3, -0.25) is 9.36 Å². The SMILES string of the molecule is C=CCOc1ccccc1/C=c1\sc2n(c1=O)C(c1ccc3c(c1)OCO3)C(C(=O)OCC)=C(c1ccccc1)N=2. The summed E-state index contributed by atoms with van der Waals surface area (Å²) in [6.45, 7) is 6.07. The van der Waals surface area contributed by atoms with E-state index < -0.39 is 12.0 Å². The molecule has 9 heteroatoms. The van der Waals surface area contributed by atoms with E-state index in [2.05, 4.69) is 6.58 Å². The van der Waals surface area contributed by atoms with Crippen molar-refractivity contribution in [2.24, 2.45) is 4.99 Å². The van der Waals surface area contributed by atoms with Gasteiger partial charge < -0.3 is 18.9 Å².